The van der Waals surface area contributed by atoms with E-state index in [9.17, 15) is 22.7 Å². The number of carboxylic acids is 1. The highest BCUT2D eigenvalue weighted by Crippen LogP contribution is 2.19. The van der Waals surface area contributed by atoms with Crippen molar-refractivity contribution >= 4 is 16.0 Å². The molecule has 0 aliphatic heterocycles. The molecule has 1 aromatic rings. The number of aromatic carboxylic acids is 1. The maximum atomic E-state index is 13.7. The van der Waals surface area contributed by atoms with E-state index in [4.69, 9.17) is 5.11 Å². The number of nitrogens with one attached hydrogen (secondary N) is 1. The lowest BCUT2D eigenvalue weighted by Crippen LogP contribution is -2.50. The summed E-state index contributed by atoms with van der Waals surface area (Å²) in [5.41, 5.74) is -1.55. The molecule has 1 aromatic carbocycles. The first-order chi connectivity index (χ1) is 8.97. The molecule has 0 spiro atoms. The van der Waals surface area contributed by atoms with Gasteiger partial charge in [0.1, 0.15) is 10.7 Å². The van der Waals surface area contributed by atoms with E-state index in [1.807, 2.05) is 0 Å². The number of aliphatic hydroxyl groups excluding tert-OH is 1. The Hall–Kier alpha value is -1.51. The standard InChI is InChI=1S/C12H16FNO5S/c1-7(15)12(2,3)14-20(18,19)10-5-4-8(11(16)17)6-9(10)13/h4-7,14-15H,1-3H3,(H,16,17). The van der Waals surface area contributed by atoms with Crippen LogP contribution in [0.4, 0.5) is 4.39 Å². The Balaban J connectivity index is 3.21. The van der Waals surface area contributed by atoms with Crippen LogP contribution in [-0.4, -0.2) is 36.2 Å². The smallest absolute Gasteiger partial charge is 0.335 e. The van der Waals surface area contributed by atoms with Gasteiger partial charge in [-0.3, -0.25) is 0 Å². The zero-order valence-electron chi connectivity index (χ0n) is 11.2. The summed E-state index contributed by atoms with van der Waals surface area (Å²) >= 11 is 0. The third kappa shape index (κ3) is 3.53. The molecule has 0 amide bonds. The van der Waals surface area contributed by atoms with Crippen LogP contribution in [0.3, 0.4) is 0 Å². The summed E-state index contributed by atoms with van der Waals surface area (Å²) in [5.74, 6) is -2.52. The molecule has 0 aromatic heterocycles. The van der Waals surface area contributed by atoms with E-state index in [1.54, 1.807) is 0 Å². The summed E-state index contributed by atoms with van der Waals surface area (Å²) in [6, 6.07) is 2.50. The Kier molecular flexibility index (Phi) is 4.52. The van der Waals surface area contributed by atoms with Crippen molar-refractivity contribution in [3.63, 3.8) is 0 Å². The number of aliphatic hydroxyl groups is 1. The van der Waals surface area contributed by atoms with Crippen LogP contribution in [-0.2, 0) is 10.0 Å². The van der Waals surface area contributed by atoms with Gasteiger partial charge in [-0.25, -0.2) is 22.3 Å². The number of halogens is 1. The molecule has 20 heavy (non-hydrogen) atoms. The van der Waals surface area contributed by atoms with Crippen molar-refractivity contribution < 1.29 is 27.8 Å². The van der Waals surface area contributed by atoms with Crippen LogP contribution < -0.4 is 4.72 Å². The molecule has 112 valence electrons. The second-order valence-electron chi connectivity index (χ2n) is 4.95. The number of carboxylic acid groups (broad SMARTS) is 1. The lowest BCUT2D eigenvalue weighted by molar-refractivity contribution is 0.0696. The third-order valence-corrected chi connectivity index (χ3v) is 4.62. The fourth-order valence-corrected chi connectivity index (χ4v) is 2.87. The van der Waals surface area contributed by atoms with E-state index in [2.05, 4.69) is 4.72 Å². The average molecular weight is 305 g/mol. The number of carbonyl (C=O) groups is 1. The van der Waals surface area contributed by atoms with Crippen molar-refractivity contribution in [2.75, 3.05) is 0 Å². The van der Waals surface area contributed by atoms with E-state index in [0.29, 0.717) is 6.07 Å². The maximum absolute atomic E-state index is 13.7. The van der Waals surface area contributed by atoms with Crippen LogP contribution >= 0.6 is 0 Å². The van der Waals surface area contributed by atoms with Crippen LogP contribution in [0.25, 0.3) is 0 Å². The Bertz CT molecular complexity index is 625. The number of benzene rings is 1. The van der Waals surface area contributed by atoms with Crippen molar-refractivity contribution in [1.29, 1.82) is 0 Å². The summed E-state index contributed by atoms with van der Waals surface area (Å²) in [6.07, 6.45) is -1.00. The average Bonchev–Trinajstić information content (AvgIpc) is 2.26. The van der Waals surface area contributed by atoms with Gasteiger partial charge in [0.25, 0.3) is 0 Å². The van der Waals surface area contributed by atoms with Crippen molar-refractivity contribution in [2.24, 2.45) is 0 Å². The second-order valence-corrected chi connectivity index (χ2v) is 6.60. The van der Waals surface area contributed by atoms with Crippen molar-refractivity contribution in [3.8, 4) is 0 Å². The van der Waals surface area contributed by atoms with Crippen LogP contribution in [0.1, 0.15) is 31.1 Å². The summed E-state index contributed by atoms with van der Waals surface area (Å²) in [6.45, 7) is 4.28. The zero-order chi connectivity index (χ0) is 15.7. The first-order valence-corrected chi connectivity index (χ1v) is 7.20. The van der Waals surface area contributed by atoms with E-state index in [1.165, 1.54) is 20.8 Å². The van der Waals surface area contributed by atoms with Gasteiger partial charge in [-0.1, -0.05) is 0 Å². The van der Waals surface area contributed by atoms with Crippen LogP contribution in [0.5, 0.6) is 0 Å². The highest BCUT2D eigenvalue weighted by Gasteiger charge is 2.32. The first kappa shape index (κ1) is 16.5. The molecule has 0 radical (unpaired) electrons. The van der Waals surface area contributed by atoms with E-state index < -0.39 is 38.3 Å². The molecule has 0 heterocycles. The Morgan fingerprint density at radius 1 is 1.40 bits per heavy atom. The van der Waals surface area contributed by atoms with Crippen LogP contribution in [0.15, 0.2) is 23.1 Å². The molecular formula is C12H16FNO5S. The minimum atomic E-state index is -4.21. The van der Waals surface area contributed by atoms with Gasteiger partial charge < -0.3 is 10.2 Å². The quantitative estimate of drug-likeness (QED) is 0.752. The number of sulfonamides is 1. The van der Waals surface area contributed by atoms with Gasteiger partial charge in [-0.2, -0.15) is 0 Å². The third-order valence-electron chi connectivity index (χ3n) is 2.91. The summed E-state index contributed by atoms with van der Waals surface area (Å²) in [7, 11) is -4.21. The Morgan fingerprint density at radius 3 is 2.35 bits per heavy atom. The predicted octanol–water partition coefficient (Wildman–Crippen LogP) is 0.962. The number of hydrogen-bond acceptors (Lipinski definition) is 4. The van der Waals surface area contributed by atoms with Crippen LogP contribution in [0.2, 0.25) is 0 Å². The Labute approximate surface area is 116 Å². The second kappa shape index (κ2) is 5.47. The molecular weight excluding hydrogens is 289 g/mol. The fraction of sp³-hybridized carbons (Fsp3) is 0.417. The molecule has 0 saturated carbocycles. The van der Waals surface area contributed by atoms with Crippen LogP contribution in [0, 0.1) is 5.82 Å². The highest BCUT2D eigenvalue weighted by molar-refractivity contribution is 7.89. The minimum Gasteiger partial charge on any atom is -0.478 e. The highest BCUT2D eigenvalue weighted by atomic mass is 32.2. The van der Waals surface area contributed by atoms with Gasteiger partial charge in [0, 0.05) is 0 Å². The summed E-state index contributed by atoms with van der Waals surface area (Å²) in [4.78, 5) is 10.00. The molecule has 0 fully saturated rings. The number of hydrogen-bond donors (Lipinski definition) is 3. The van der Waals surface area contributed by atoms with Gasteiger partial charge in [0.05, 0.1) is 17.2 Å². The minimum absolute atomic E-state index is 0.351. The molecule has 1 unspecified atom stereocenters. The predicted molar refractivity (Wildman–Crippen MR) is 69.4 cm³/mol. The Morgan fingerprint density at radius 2 is 1.95 bits per heavy atom. The van der Waals surface area contributed by atoms with Crippen molar-refractivity contribution in [1.82, 2.24) is 4.72 Å². The first-order valence-electron chi connectivity index (χ1n) is 5.72. The van der Waals surface area contributed by atoms with E-state index in [-0.39, 0.29) is 5.56 Å². The normalized spacial score (nSPS) is 14.1. The molecule has 3 N–H and O–H groups in total. The monoisotopic (exact) mass is 305 g/mol. The molecule has 0 aliphatic carbocycles. The van der Waals surface area contributed by atoms with Crippen molar-refractivity contribution in [2.45, 2.75) is 37.3 Å². The zero-order valence-corrected chi connectivity index (χ0v) is 12.0. The van der Waals surface area contributed by atoms with Gasteiger partial charge in [-0.05, 0) is 39.0 Å². The molecule has 0 bridgehead atoms. The molecule has 8 heteroatoms. The number of rotatable bonds is 5. The maximum Gasteiger partial charge on any atom is 0.335 e. The molecule has 0 saturated heterocycles. The lowest BCUT2D eigenvalue weighted by Gasteiger charge is -2.28. The van der Waals surface area contributed by atoms with E-state index in [0.717, 1.165) is 12.1 Å². The molecule has 1 rings (SSSR count). The summed E-state index contributed by atoms with van der Waals surface area (Å²) in [5, 5.41) is 18.2. The molecule has 6 nitrogen and oxygen atoms in total. The van der Waals surface area contributed by atoms with E-state index >= 15 is 0 Å². The molecule has 1 atom stereocenters. The summed E-state index contributed by atoms with van der Waals surface area (Å²) < 4.78 is 40.0. The van der Waals surface area contributed by atoms with Crippen molar-refractivity contribution in [3.05, 3.63) is 29.6 Å². The van der Waals surface area contributed by atoms with Gasteiger partial charge in [0.15, 0.2) is 0 Å². The fourth-order valence-electron chi connectivity index (χ4n) is 1.34. The largest absolute Gasteiger partial charge is 0.478 e. The lowest BCUT2D eigenvalue weighted by atomic mass is 10.0. The topological polar surface area (TPSA) is 104 Å². The molecule has 0 aliphatic rings. The van der Waals surface area contributed by atoms with Gasteiger partial charge in [0.2, 0.25) is 10.0 Å². The SMILES string of the molecule is CC(O)C(C)(C)NS(=O)(=O)c1ccc(C(=O)O)cc1F. The van der Waals surface area contributed by atoms with Gasteiger partial charge in [-0.15, -0.1) is 0 Å². The van der Waals surface area contributed by atoms with Gasteiger partial charge >= 0.3 is 5.97 Å².